The number of hydrogen-bond donors (Lipinski definition) is 2. The van der Waals surface area contributed by atoms with Gasteiger partial charge in [-0.15, -0.1) is 16.2 Å². The molecule has 0 aliphatic heterocycles. The molecule has 0 saturated carbocycles. The third kappa shape index (κ3) is 8.28. The maximum atomic E-state index is 13.1. The molecule has 0 heterocycles. The van der Waals surface area contributed by atoms with E-state index in [0.29, 0.717) is 21.9 Å². The van der Waals surface area contributed by atoms with Gasteiger partial charge in [0, 0.05) is 21.2 Å². The summed E-state index contributed by atoms with van der Waals surface area (Å²) in [5.74, 6) is 5.44. The molecule has 3 aromatic rings. The highest BCUT2D eigenvalue weighted by Crippen LogP contribution is 2.35. The SMILES string of the molecule is C/C(C#Cc1ccccc1)=N\NC(N)=NS(=O)(=O)c1cc(C)c(Cl)cc1SCc1ccc(C(F)(F)F)cc1. The van der Waals surface area contributed by atoms with Crippen LogP contribution in [-0.4, -0.2) is 20.1 Å². The molecule has 6 nitrogen and oxygen atoms in total. The van der Waals surface area contributed by atoms with Gasteiger partial charge in [0.25, 0.3) is 10.0 Å². The average Bonchev–Trinajstić information content (AvgIpc) is 2.86. The minimum Gasteiger partial charge on any atom is -0.368 e. The van der Waals surface area contributed by atoms with Gasteiger partial charge in [0.1, 0.15) is 10.6 Å². The van der Waals surface area contributed by atoms with Gasteiger partial charge in [-0.25, -0.2) is 5.43 Å². The van der Waals surface area contributed by atoms with Gasteiger partial charge in [0.05, 0.1) is 5.56 Å². The second-order valence-electron chi connectivity index (χ2n) is 7.91. The van der Waals surface area contributed by atoms with Gasteiger partial charge in [-0.1, -0.05) is 47.9 Å². The quantitative estimate of drug-likeness (QED) is 0.123. The van der Waals surface area contributed by atoms with E-state index in [4.69, 9.17) is 17.3 Å². The molecule has 0 radical (unpaired) electrons. The van der Waals surface area contributed by atoms with E-state index < -0.39 is 27.7 Å². The number of hydrazone groups is 1. The van der Waals surface area contributed by atoms with Crippen molar-refractivity contribution in [3.05, 3.63) is 94.0 Å². The van der Waals surface area contributed by atoms with Crippen LogP contribution in [0.3, 0.4) is 0 Å². The molecule has 3 N–H and O–H groups in total. The van der Waals surface area contributed by atoms with Crippen LogP contribution in [-0.2, 0) is 22.0 Å². The topological polar surface area (TPSA) is 96.9 Å². The first kappa shape index (κ1) is 29.1. The Bertz CT molecular complexity index is 1530. The number of guanidine groups is 1. The van der Waals surface area contributed by atoms with Crippen LogP contribution in [0.2, 0.25) is 5.02 Å². The summed E-state index contributed by atoms with van der Waals surface area (Å²) in [6.45, 7) is 3.25. The van der Waals surface area contributed by atoms with Gasteiger partial charge in [0.15, 0.2) is 0 Å². The number of benzene rings is 3. The zero-order chi connectivity index (χ0) is 27.9. The molecule has 3 aromatic carbocycles. The van der Waals surface area contributed by atoms with Crippen molar-refractivity contribution in [1.82, 2.24) is 5.43 Å². The highest BCUT2D eigenvalue weighted by atomic mass is 35.5. The summed E-state index contributed by atoms with van der Waals surface area (Å²) in [6.07, 6.45) is -4.44. The van der Waals surface area contributed by atoms with Gasteiger partial charge >= 0.3 is 6.18 Å². The number of aryl methyl sites for hydroxylation is 1. The molecule has 3 rings (SSSR count). The van der Waals surface area contributed by atoms with Crippen molar-refractivity contribution in [2.75, 3.05) is 0 Å². The highest BCUT2D eigenvalue weighted by molar-refractivity contribution is 7.99. The van der Waals surface area contributed by atoms with Crippen LogP contribution in [0.5, 0.6) is 0 Å². The smallest absolute Gasteiger partial charge is 0.368 e. The van der Waals surface area contributed by atoms with E-state index in [-0.39, 0.29) is 15.5 Å². The predicted molar refractivity (Wildman–Crippen MR) is 146 cm³/mol. The maximum Gasteiger partial charge on any atom is 0.416 e. The third-order valence-electron chi connectivity index (χ3n) is 4.90. The lowest BCUT2D eigenvalue weighted by molar-refractivity contribution is -0.137. The fourth-order valence-corrected chi connectivity index (χ4v) is 5.63. The Labute approximate surface area is 228 Å². The number of nitrogens with zero attached hydrogens (tertiary/aromatic N) is 2. The molecule has 0 amide bonds. The summed E-state index contributed by atoms with van der Waals surface area (Å²) >= 11 is 7.31. The van der Waals surface area contributed by atoms with Crippen molar-refractivity contribution >= 4 is 45.1 Å². The van der Waals surface area contributed by atoms with Crippen LogP contribution < -0.4 is 11.2 Å². The van der Waals surface area contributed by atoms with E-state index in [1.807, 2.05) is 30.3 Å². The number of rotatable bonds is 6. The average molecular weight is 579 g/mol. The Hall–Kier alpha value is -3.46. The van der Waals surface area contributed by atoms with Crippen molar-refractivity contribution in [1.29, 1.82) is 0 Å². The summed E-state index contributed by atoms with van der Waals surface area (Å²) < 4.78 is 68.2. The number of thioether (sulfide) groups is 1. The van der Waals surface area contributed by atoms with E-state index in [0.717, 1.165) is 29.5 Å². The molecule has 0 spiro atoms. The van der Waals surface area contributed by atoms with E-state index >= 15 is 0 Å². The zero-order valence-corrected chi connectivity index (χ0v) is 22.6. The van der Waals surface area contributed by atoms with Crippen LogP contribution in [0.1, 0.15) is 29.2 Å². The summed E-state index contributed by atoms with van der Waals surface area (Å²) in [5.41, 5.74) is 9.56. The summed E-state index contributed by atoms with van der Waals surface area (Å²) in [4.78, 5) is 0.121. The van der Waals surface area contributed by atoms with Crippen molar-refractivity contribution in [3.63, 3.8) is 0 Å². The predicted octanol–water partition coefficient (Wildman–Crippen LogP) is 5.98. The summed E-state index contributed by atoms with van der Waals surface area (Å²) in [7, 11) is -4.30. The zero-order valence-electron chi connectivity index (χ0n) is 20.2. The number of nitrogens with two attached hydrogens (primary N) is 1. The molecule has 0 saturated heterocycles. The lowest BCUT2D eigenvalue weighted by atomic mass is 10.1. The summed E-state index contributed by atoms with van der Waals surface area (Å²) in [5, 5.41) is 4.26. The molecule has 0 fully saturated rings. The Morgan fingerprint density at radius 2 is 1.76 bits per heavy atom. The van der Waals surface area contributed by atoms with Crippen LogP contribution in [0.15, 0.2) is 86.0 Å². The van der Waals surface area contributed by atoms with Crippen molar-refractivity contribution in [2.24, 2.45) is 15.2 Å². The Kier molecular flexibility index (Phi) is 9.49. The Morgan fingerprint density at radius 1 is 1.11 bits per heavy atom. The van der Waals surface area contributed by atoms with Gasteiger partial charge in [-0.3, -0.25) is 0 Å². The van der Waals surface area contributed by atoms with Crippen molar-refractivity contribution in [3.8, 4) is 11.8 Å². The van der Waals surface area contributed by atoms with Crippen molar-refractivity contribution in [2.45, 2.75) is 35.6 Å². The summed E-state index contributed by atoms with van der Waals surface area (Å²) in [6, 6.07) is 16.7. The number of sulfonamides is 1. The van der Waals surface area contributed by atoms with Gasteiger partial charge in [-0.2, -0.15) is 26.7 Å². The van der Waals surface area contributed by atoms with Gasteiger partial charge in [0.2, 0.25) is 5.96 Å². The molecule has 0 aliphatic carbocycles. The number of nitrogens with one attached hydrogen (secondary N) is 1. The van der Waals surface area contributed by atoms with Crippen LogP contribution in [0.4, 0.5) is 13.2 Å². The van der Waals surface area contributed by atoms with Gasteiger partial charge < -0.3 is 5.73 Å². The van der Waals surface area contributed by atoms with Gasteiger partial charge in [-0.05, 0) is 67.3 Å². The molecule has 0 atom stereocenters. The lowest BCUT2D eigenvalue weighted by Gasteiger charge is -2.12. The monoisotopic (exact) mass is 578 g/mol. The first-order chi connectivity index (χ1) is 17.8. The Balaban J connectivity index is 1.79. The second kappa shape index (κ2) is 12.4. The van der Waals surface area contributed by atoms with E-state index in [1.165, 1.54) is 24.3 Å². The Morgan fingerprint density at radius 3 is 2.39 bits per heavy atom. The molecule has 0 aliphatic rings. The van der Waals surface area contributed by atoms with Crippen LogP contribution in [0, 0.1) is 18.8 Å². The minimum atomic E-state index is -4.44. The maximum absolute atomic E-state index is 13.1. The first-order valence-corrected chi connectivity index (χ1v) is 13.7. The van der Waals surface area contributed by atoms with Crippen LogP contribution in [0.25, 0.3) is 0 Å². The largest absolute Gasteiger partial charge is 0.416 e. The molecule has 0 bridgehead atoms. The van der Waals surface area contributed by atoms with E-state index in [2.05, 4.69) is 26.8 Å². The fraction of sp³-hybridized carbons (Fsp3) is 0.154. The van der Waals surface area contributed by atoms with E-state index in [1.54, 1.807) is 13.8 Å². The fourth-order valence-electron chi connectivity index (χ4n) is 2.95. The van der Waals surface area contributed by atoms with E-state index in [9.17, 15) is 21.6 Å². The number of hydrogen-bond acceptors (Lipinski definition) is 4. The number of alkyl halides is 3. The molecule has 0 aromatic heterocycles. The highest BCUT2D eigenvalue weighted by Gasteiger charge is 2.30. The first-order valence-electron chi connectivity index (χ1n) is 10.9. The molecular formula is C26H22ClF3N4O2S2. The molecule has 38 heavy (non-hydrogen) atoms. The number of halogens is 4. The standard InChI is InChI=1S/C26H22ClF3N4O2S2/c1-17-14-24(23(15-22(17)27)37-16-20-10-12-21(13-11-20)26(28,29)30)38(35,36)34-25(31)33-32-18(2)8-9-19-6-4-3-5-7-19/h3-7,10-15H,16H2,1-2H3,(H3,31,33,34)/b32-18+. The molecule has 12 heteroatoms. The van der Waals surface area contributed by atoms with Crippen molar-refractivity contribution < 1.29 is 21.6 Å². The lowest BCUT2D eigenvalue weighted by Crippen LogP contribution is -2.29. The molecule has 198 valence electrons. The minimum absolute atomic E-state index is 0.148. The molecule has 0 unspecified atom stereocenters. The second-order valence-corrected chi connectivity index (χ2v) is 10.9. The normalized spacial score (nSPS) is 12.6. The van der Waals surface area contributed by atoms with Crippen LogP contribution >= 0.6 is 23.4 Å². The third-order valence-corrected chi connectivity index (χ3v) is 7.89. The molecular weight excluding hydrogens is 557 g/mol.